The Kier molecular flexibility index (Phi) is 7.57. The second kappa shape index (κ2) is 10.3. The lowest BCUT2D eigenvalue weighted by atomic mass is 10.2. The number of nitrogens with zero attached hydrogens (tertiary/aromatic N) is 3. The summed E-state index contributed by atoms with van der Waals surface area (Å²) in [5, 5.41) is 0.359. The Morgan fingerprint density at radius 3 is 2.51 bits per heavy atom. The highest BCUT2D eigenvalue weighted by Crippen LogP contribution is 2.33. The average Bonchev–Trinajstić information content (AvgIpc) is 3.28. The van der Waals surface area contributed by atoms with Crippen LogP contribution in [-0.2, 0) is 24.4 Å². The first kappa shape index (κ1) is 25.7. The average molecular weight is 538 g/mol. The van der Waals surface area contributed by atoms with Crippen molar-refractivity contribution in [3.63, 3.8) is 0 Å². The molecule has 0 unspecified atom stereocenters. The van der Waals surface area contributed by atoms with E-state index in [4.69, 9.17) is 4.74 Å². The smallest absolute Gasteiger partial charge is 0.260 e. The van der Waals surface area contributed by atoms with Crippen molar-refractivity contribution in [2.75, 3.05) is 56.3 Å². The largest absolute Gasteiger partial charge is 0.379 e. The molecule has 1 aliphatic heterocycles. The molecule has 0 bridgehead atoms. The number of morpholine rings is 1. The van der Waals surface area contributed by atoms with Crippen LogP contribution in [0.3, 0.4) is 0 Å². The number of hydrogen-bond donors (Lipinski definition) is 0. The van der Waals surface area contributed by atoms with Crippen LogP contribution >= 0.6 is 11.3 Å². The van der Waals surface area contributed by atoms with Crippen LogP contribution in [0.4, 0.5) is 5.13 Å². The summed E-state index contributed by atoms with van der Waals surface area (Å²) >= 11 is 1.23. The number of aromatic nitrogens is 1. The Morgan fingerprint density at radius 1 is 1.11 bits per heavy atom. The number of anilines is 1. The van der Waals surface area contributed by atoms with E-state index in [1.807, 2.05) is 0 Å². The van der Waals surface area contributed by atoms with Gasteiger partial charge in [-0.2, -0.15) is 0 Å². The molecular weight excluding hydrogens is 510 g/mol. The van der Waals surface area contributed by atoms with Gasteiger partial charge in [-0.1, -0.05) is 30.4 Å². The van der Waals surface area contributed by atoms with Crippen LogP contribution < -0.4 is 4.90 Å². The second-order valence-electron chi connectivity index (χ2n) is 8.21. The molecule has 0 aliphatic carbocycles. The van der Waals surface area contributed by atoms with E-state index in [-0.39, 0.29) is 21.1 Å². The number of ether oxygens (including phenoxy) is 1. The monoisotopic (exact) mass is 537 g/mol. The quantitative estimate of drug-likeness (QED) is 0.431. The van der Waals surface area contributed by atoms with Gasteiger partial charge in [0.05, 0.1) is 33.5 Å². The summed E-state index contributed by atoms with van der Waals surface area (Å²) in [5.41, 5.74) is 0.547. The summed E-state index contributed by atoms with van der Waals surface area (Å²) in [6.07, 6.45) is 1.13. The van der Waals surface area contributed by atoms with Gasteiger partial charge in [-0.25, -0.2) is 21.8 Å². The standard InChI is InChI=1S/C23H27N3O6S3/c1-3-35(30,31)18-7-4-6-17(16-18)22(27)26(11-10-25-12-14-32-15-13-25)23-24-21-19(33-23)8-5-9-20(21)34(2,28)29/h4-9,16H,3,10-15H2,1-2H3. The molecule has 9 nitrogen and oxygen atoms in total. The summed E-state index contributed by atoms with van der Waals surface area (Å²) in [7, 11) is -7.01. The lowest BCUT2D eigenvalue weighted by molar-refractivity contribution is 0.0391. The van der Waals surface area contributed by atoms with Crippen LogP contribution in [0.25, 0.3) is 10.2 Å². The molecule has 0 N–H and O–H groups in total. The van der Waals surface area contributed by atoms with Crippen LogP contribution in [0, 0.1) is 0 Å². The van der Waals surface area contributed by atoms with Gasteiger partial charge in [0, 0.05) is 38.0 Å². The molecule has 188 valence electrons. The van der Waals surface area contributed by atoms with E-state index in [9.17, 15) is 21.6 Å². The minimum absolute atomic E-state index is 0.0719. The summed E-state index contributed by atoms with van der Waals surface area (Å²) in [5.74, 6) is -0.469. The molecule has 0 radical (unpaired) electrons. The first-order valence-corrected chi connectivity index (χ1v) is 15.5. The zero-order valence-electron chi connectivity index (χ0n) is 19.5. The first-order chi connectivity index (χ1) is 16.6. The van der Waals surface area contributed by atoms with Gasteiger partial charge in [0.2, 0.25) is 0 Å². The van der Waals surface area contributed by atoms with Crippen molar-refractivity contribution in [2.45, 2.75) is 16.7 Å². The summed E-state index contributed by atoms with van der Waals surface area (Å²) in [4.78, 5) is 22.1. The number of carbonyl (C=O) groups is 1. The number of fused-ring (bicyclic) bond motifs is 1. The Morgan fingerprint density at radius 2 is 1.83 bits per heavy atom. The van der Waals surface area contributed by atoms with E-state index in [1.165, 1.54) is 34.4 Å². The van der Waals surface area contributed by atoms with E-state index in [1.54, 1.807) is 31.2 Å². The van der Waals surface area contributed by atoms with Gasteiger partial charge in [-0.15, -0.1) is 0 Å². The first-order valence-electron chi connectivity index (χ1n) is 11.1. The molecule has 2 heterocycles. The maximum atomic E-state index is 13.7. The summed E-state index contributed by atoms with van der Waals surface area (Å²) in [6, 6.07) is 10.9. The molecule has 0 spiro atoms. The molecule has 2 aromatic carbocycles. The van der Waals surface area contributed by atoms with Crippen molar-refractivity contribution >= 4 is 52.3 Å². The molecule has 1 aromatic heterocycles. The topological polar surface area (TPSA) is 114 Å². The van der Waals surface area contributed by atoms with Gasteiger partial charge in [-0.3, -0.25) is 14.6 Å². The van der Waals surface area contributed by atoms with Crippen LogP contribution in [0.1, 0.15) is 17.3 Å². The van der Waals surface area contributed by atoms with E-state index in [0.717, 1.165) is 19.3 Å². The molecule has 0 saturated carbocycles. The molecule has 0 atom stereocenters. The van der Waals surface area contributed by atoms with E-state index >= 15 is 0 Å². The molecule has 12 heteroatoms. The number of amides is 1. The van der Waals surface area contributed by atoms with Crippen molar-refractivity contribution in [2.24, 2.45) is 0 Å². The lowest BCUT2D eigenvalue weighted by Crippen LogP contribution is -2.43. The zero-order valence-corrected chi connectivity index (χ0v) is 22.0. The third kappa shape index (κ3) is 5.72. The molecule has 1 saturated heterocycles. The number of benzene rings is 2. The fraction of sp³-hybridized carbons (Fsp3) is 0.391. The lowest BCUT2D eigenvalue weighted by Gasteiger charge is -2.29. The molecule has 3 aromatic rings. The van der Waals surface area contributed by atoms with Gasteiger partial charge in [0.15, 0.2) is 24.8 Å². The van der Waals surface area contributed by atoms with Crippen molar-refractivity contribution in [3.8, 4) is 0 Å². The van der Waals surface area contributed by atoms with Crippen molar-refractivity contribution in [1.82, 2.24) is 9.88 Å². The molecule has 1 fully saturated rings. The van der Waals surface area contributed by atoms with E-state index in [0.29, 0.717) is 41.7 Å². The highest BCUT2D eigenvalue weighted by molar-refractivity contribution is 7.91. The van der Waals surface area contributed by atoms with Gasteiger partial charge in [0.1, 0.15) is 5.52 Å². The van der Waals surface area contributed by atoms with Crippen molar-refractivity contribution < 1.29 is 26.4 Å². The number of thiazole rings is 1. The maximum Gasteiger partial charge on any atom is 0.260 e. The Labute approximate surface area is 209 Å². The van der Waals surface area contributed by atoms with Gasteiger partial charge in [-0.05, 0) is 30.3 Å². The number of hydrogen-bond acceptors (Lipinski definition) is 9. The molecule has 35 heavy (non-hydrogen) atoms. The van der Waals surface area contributed by atoms with Crippen LogP contribution in [0.5, 0.6) is 0 Å². The number of sulfone groups is 2. The van der Waals surface area contributed by atoms with Gasteiger partial charge < -0.3 is 4.74 Å². The van der Waals surface area contributed by atoms with Crippen LogP contribution in [0.2, 0.25) is 0 Å². The Hall–Kier alpha value is -2.38. The predicted molar refractivity (Wildman–Crippen MR) is 136 cm³/mol. The molecule has 4 rings (SSSR count). The zero-order chi connectivity index (χ0) is 25.2. The third-order valence-electron chi connectivity index (χ3n) is 5.81. The van der Waals surface area contributed by atoms with Crippen molar-refractivity contribution in [1.29, 1.82) is 0 Å². The molecule has 1 amide bonds. The predicted octanol–water partition coefficient (Wildman–Crippen LogP) is 2.47. The fourth-order valence-corrected chi connectivity index (χ4v) is 6.66. The third-order valence-corrected chi connectivity index (χ3v) is 9.71. The fourth-order valence-electron chi connectivity index (χ4n) is 3.82. The SMILES string of the molecule is CCS(=O)(=O)c1cccc(C(=O)N(CCN2CCOCC2)c2nc3c(S(C)(=O)=O)cccc3s2)c1. The summed E-state index contributed by atoms with van der Waals surface area (Å²) < 4.78 is 55.4. The number of para-hydroxylation sites is 1. The second-order valence-corrected chi connectivity index (χ2v) is 13.5. The maximum absolute atomic E-state index is 13.7. The molecule has 1 aliphatic rings. The number of rotatable bonds is 8. The summed E-state index contributed by atoms with van der Waals surface area (Å²) in [6.45, 7) is 5.13. The normalized spacial score (nSPS) is 15.4. The van der Waals surface area contributed by atoms with Crippen molar-refractivity contribution in [3.05, 3.63) is 48.0 Å². The Bertz CT molecular complexity index is 1440. The van der Waals surface area contributed by atoms with E-state index < -0.39 is 25.6 Å². The van der Waals surface area contributed by atoms with E-state index in [2.05, 4.69) is 9.88 Å². The van der Waals surface area contributed by atoms with Gasteiger partial charge in [0.25, 0.3) is 5.91 Å². The van der Waals surface area contributed by atoms with Crippen LogP contribution in [0.15, 0.2) is 52.3 Å². The minimum atomic E-state index is -3.52. The highest BCUT2D eigenvalue weighted by atomic mass is 32.2. The van der Waals surface area contributed by atoms with Crippen LogP contribution in [-0.4, -0.2) is 84.0 Å². The number of carbonyl (C=O) groups excluding carboxylic acids is 1. The van der Waals surface area contributed by atoms with Gasteiger partial charge >= 0.3 is 0 Å². The minimum Gasteiger partial charge on any atom is -0.379 e. The highest BCUT2D eigenvalue weighted by Gasteiger charge is 2.25. The molecular formula is C23H27N3O6S3. The Balaban J connectivity index is 1.74.